The minimum atomic E-state index is -3.80. The van der Waals surface area contributed by atoms with E-state index in [1.54, 1.807) is 4.90 Å². The molecule has 0 bridgehead atoms. The zero-order valence-corrected chi connectivity index (χ0v) is 13.9. The Hall–Kier alpha value is -1.01. The van der Waals surface area contributed by atoms with Gasteiger partial charge in [-0.05, 0) is 24.3 Å². The van der Waals surface area contributed by atoms with Crippen molar-refractivity contribution in [2.24, 2.45) is 5.41 Å². The Balaban J connectivity index is 2.07. The van der Waals surface area contributed by atoms with Gasteiger partial charge in [0.05, 0.1) is 0 Å². The number of aromatic nitrogens is 1. The van der Waals surface area contributed by atoms with Crippen molar-refractivity contribution in [1.82, 2.24) is 9.88 Å². The van der Waals surface area contributed by atoms with Gasteiger partial charge in [-0.25, -0.2) is 8.42 Å². The van der Waals surface area contributed by atoms with E-state index in [0.29, 0.717) is 18.5 Å². The molecule has 2 rings (SSSR count). The molecule has 1 aromatic rings. The molecule has 0 aliphatic carbocycles. The molecule has 0 saturated carbocycles. The number of nitrogens with one attached hydrogen (secondary N) is 1. The molecular formula is C14H21ClN2O3S. The summed E-state index contributed by atoms with van der Waals surface area (Å²) in [6.07, 6.45) is 5.49. The summed E-state index contributed by atoms with van der Waals surface area (Å²) >= 11 is 0. The SMILES string of the molecule is CCC1(CC)CCN(C(=O)c2cc(S(=O)(=O)Cl)c[nH]2)CC1. The van der Waals surface area contributed by atoms with E-state index in [2.05, 4.69) is 18.8 Å². The van der Waals surface area contributed by atoms with Crippen LogP contribution in [0.1, 0.15) is 50.0 Å². The topological polar surface area (TPSA) is 70.2 Å². The fourth-order valence-electron chi connectivity index (χ4n) is 2.95. The molecule has 1 aromatic heterocycles. The highest BCUT2D eigenvalue weighted by atomic mass is 35.7. The van der Waals surface area contributed by atoms with Gasteiger partial charge in [-0.15, -0.1) is 0 Å². The van der Waals surface area contributed by atoms with Crippen molar-refractivity contribution in [3.8, 4) is 0 Å². The summed E-state index contributed by atoms with van der Waals surface area (Å²) in [7, 11) is 1.46. The molecule has 1 fully saturated rings. The van der Waals surface area contributed by atoms with E-state index in [-0.39, 0.29) is 16.5 Å². The van der Waals surface area contributed by atoms with Crippen molar-refractivity contribution in [2.75, 3.05) is 13.1 Å². The highest BCUT2D eigenvalue weighted by Crippen LogP contribution is 2.38. The van der Waals surface area contributed by atoms with Crippen LogP contribution in [-0.4, -0.2) is 37.3 Å². The Morgan fingerprint density at radius 3 is 2.33 bits per heavy atom. The lowest BCUT2D eigenvalue weighted by Crippen LogP contribution is -2.42. The van der Waals surface area contributed by atoms with Crippen molar-refractivity contribution in [3.63, 3.8) is 0 Å². The van der Waals surface area contributed by atoms with Crippen LogP contribution in [-0.2, 0) is 9.05 Å². The molecule has 1 saturated heterocycles. The summed E-state index contributed by atoms with van der Waals surface area (Å²) in [6.45, 7) is 5.82. The fraction of sp³-hybridized carbons (Fsp3) is 0.643. The first kappa shape index (κ1) is 16.4. The summed E-state index contributed by atoms with van der Waals surface area (Å²) in [5, 5.41) is 0. The molecule has 1 amide bonds. The molecule has 5 nitrogen and oxygen atoms in total. The first-order valence-corrected chi connectivity index (χ1v) is 9.54. The quantitative estimate of drug-likeness (QED) is 0.862. The van der Waals surface area contributed by atoms with Gasteiger partial charge in [0.2, 0.25) is 0 Å². The first-order chi connectivity index (χ1) is 9.81. The van der Waals surface area contributed by atoms with Crippen LogP contribution in [0, 0.1) is 5.41 Å². The van der Waals surface area contributed by atoms with E-state index in [1.165, 1.54) is 12.3 Å². The lowest BCUT2D eigenvalue weighted by molar-refractivity contribution is 0.0553. The molecule has 7 heteroatoms. The van der Waals surface area contributed by atoms with Crippen LogP contribution < -0.4 is 0 Å². The summed E-state index contributed by atoms with van der Waals surface area (Å²) in [4.78, 5) is 16.8. The van der Waals surface area contributed by atoms with Gasteiger partial charge in [0.1, 0.15) is 10.6 Å². The number of carbonyl (C=O) groups excluding carboxylic acids is 1. The Bertz CT molecular complexity index is 610. The molecule has 0 aromatic carbocycles. The van der Waals surface area contributed by atoms with Crippen molar-refractivity contribution in [3.05, 3.63) is 18.0 Å². The summed E-state index contributed by atoms with van der Waals surface area (Å²) in [6, 6.07) is 1.30. The fourth-order valence-corrected chi connectivity index (χ4v) is 3.68. The van der Waals surface area contributed by atoms with Gasteiger partial charge < -0.3 is 9.88 Å². The maximum Gasteiger partial charge on any atom is 0.270 e. The van der Waals surface area contributed by atoms with Crippen molar-refractivity contribution in [1.29, 1.82) is 0 Å². The first-order valence-electron chi connectivity index (χ1n) is 7.24. The van der Waals surface area contributed by atoms with Crippen LogP contribution in [0.4, 0.5) is 0 Å². The van der Waals surface area contributed by atoms with Crippen molar-refractivity contribution < 1.29 is 13.2 Å². The highest BCUT2D eigenvalue weighted by molar-refractivity contribution is 8.13. The normalized spacial score (nSPS) is 18.7. The predicted octanol–water partition coefficient (Wildman–Crippen LogP) is 2.98. The van der Waals surface area contributed by atoms with E-state index < -0.39 is 9.05 Å². The van der Waals surface area contributed by atoms with Gasteiger partial charge in [-0.3, -0.25) is 4.79 Å². The number of rotatable bonds is 4. The highest BCUT2D eigenvalue weighted by Gasteiger charge is 2.33. The van der Waals surface area contributed by atoms with Gasteiger partial charge >= 0.3 is 0 Å². The zero-order chi connectivity index (χ0) is 15.7. The van der Waals surface area contributed by atoms with Gasteiger partial charge in [0.25, 0.3) is 15.0 Å². The van der Waals surface area contributed by atoms with Crippen LogP contribution in [0.2, 0.25) is 0 Å². The third-order valence-electron chi connectivity index (χ3n) is 4.78. The predicted molar refractivity (Wildman–Crippen MR) is 82.0 cm³/mol. The molecule has 0 radical (unpaired) electrons. The maximum absolute atomic E-state index is 12.4. The minimum absolute atomic E-state index is 0.0685. The number of piperidine rings is 1. The van der Waals surface area contributed by atoms with Crippen LogP contribution in [0.15, 0.2) is 17.2 Å². The Labute approximate surface area is 130 Å². The monoisotopic (exact) mass is 332 g/mol. The van der Waals surface area contributed by atoms with E-state index in [9.17, 15) is 13.2 Å². The second kappa shape index (κ2) is 6.01. The maximum atomic E-state index is 12.4. The van der Waals surface area contributed by atoms with Gasteiger partial charge in [-0.2, -0.15) is 0 Å². The second-order valence-electron chi connectivity index (χ2n) is 5.69. The number of hydrogen-bond acceptors (Lipinski definition) is 3. The molecule has 0 atom stereocenters. The van der Waals surface area contributed by atoms with Gasteiger partial charge in [0.15, 0.2) is 0 Å². The van der Waals surface area contributed by atoms with Crippen LogP contribution in [0.3, 0.4) is 0 Å². The molecule has 1 aliphatic heterocycles. The van der Waals surface area contributed by atoms with Crippen LogP contribution in [0.5, 0.6) is 0 Å². The Morgan fingerprint density at radius 2 is 1.90 bits per heavy atom. The molecule has 2 heterocycles. The third-order valence-corrected chi connectivity index (χ3v) is 6.11. The number of halogens is 1. The number of likely N-dealkylation sites (tertiary alicyclic amines) is 1. The number of hydrogen-bond donors (Lipinski definition) is 1. The average molecular weight is 333 g/mol. The lowest BCUT2D eigenvalue weighted by Gasteiger charge is -2.40. The molecule has 21 heavy (non-hydrogen) atoms. The summed E-state index contributed by atoms with van der Waals surface area (Å²) < 4.78 is 22.5. The Kier molecular flexibility index (Phi) is 4.68. The lowest BCUT2D eigenvalue weighted by atomic mass is 9.74. The molecule has 0 spiro atoms. The summed E-state index contributed by atoms with van der Waals surface area (Å²) in [5.41, 5.74) is 0.617. The number of aromatic amines is 1. The van der Waals surface area contributed by atoms with Crippen LogP contribution >= 0.6 is 10.7 Å². The molecule has 1 aliphatic rings. The van der Waals surface area contributed by atoms with E-state index in [1.807, 2.05) is 0 Å². The average Bonchev–Trinajstić information content (AvgIpc) is 2.96. The third kappa shape index (κ3) is 3.43. The molecular weight excluding hydrogens is 312 g/mol. The second-order valence-corrected chi connectivity index (χ2v) is 8.25. The van der Waals surface area contributed by atoms with E-state index in [4.69, 9.17) is 10.7 Å². The number of H-pyrrole nitrogens is 1. The summed E-state index contributed by atoms with van der Waals surface area (Å²) in [5.74, 6) is -0.164. The van der Waals surface area contributed by atoms with E-state index >= 15 is 0 Å². The Morgan fingerprint density at radius 1 is 1.33 bits per heavy atom. The number of nitrogens with zero attached hydrogens (tertiary/aromatic N) is 1. The van der Waals surface area contributed by atoms with Crippen molar-refractivity contribution >= 4 is 25.6 Å². The molecule has 1 N–H and O–H groups in total. The molecule has 0 unspecified atom stereocenters. The standard InChI is InChI=1S/C14H21ClN2O3S/c1-3-14(4-2)5-7-17(8-6-14)13(18)12-9-11(10-16-12)21(15,19)20/h9-10,16H,3-8H2,1-2H3. The number of carbonyl (C=O) groups is 1. The van der Waals surface area contributed by atoms with Gasteiger partial charge in [-0.1, -0.05) is 26.7 Å². The number of amides is 1. The zero-order valence-electron chi connectivity index (χ0n) is 12.4. The van der Waals surface area contributed by atoms with Gasteiger partial charge in [0, 0.05) is 30.0 Å². The largest absolute Gasteiger partial charge is 0.356 e. The van der Waals surface area contributed by atoms with E-state index in [0.717, 1.165) is 25.7 Å². The smallest absolute Gasteiger partial charge is 0.270 e. The van der Waals surface area contributed by atoms with Crippen molar-refractivity contribution in [2.45, 2.75) is 44.4 Å². The molecule has 118 valence electrons. The van der Waals surface area contributed by atoms with Crippen LogP contribution in [0.25, 0.3) is 0 Å². The minimum Gasteiger partial charge on any atom is -0.356 e.